The maximum Gasteiger partial charge on any atom is 0.233 e. The third-order valence-electron chi connectivity index (χ3n) is 2.81. The van der Waals surface area contributed by atoms with Crippen LogP contribution in [0.5, 0.6) is 0 Å². The Morgan fingerprint density at radius 1 is 1.15 bits per heavy atom. The fourth-order valence-electron chi connectivity index (χ4n) is 1.70. The summed E-state index contributed by atoms with van der Waals surface area (Å²) in [5, 5.41) is 3.51. The van der Waals surface area contributed by atoms with Crippen LogP contribution >= 0.6 is 23.4 Å². The van der Waals surface area contributed by atoms with E-state index in [9.17, 15) is 4.79 Å². The van der Waals surface area contributed by atoms with Gasteiger partial charge in [-0.2, -0.15) is 0 Å². The summed E-state index contributed by atoms with van der Waals surface area (Å²) in [4.78, 5) is 13.1. The van der Waals surface area contributed by atoms with E-state index in [0.717, 1.165) is 10.5 Å². The van der Waals surface area contributed by atoms with E-state index >= 15 is 0 Å². The fraction of sp³-hybridized carbons (Fsp3) is 0.188. The summed E-state index contributed by atoms with van der Waals surface area (Å²) in [6.45, 7) is 2.46. The zero-order valence-corrected chi connectivity index (χ0v) is 12.7. The van der Waals surface area contributed by atoms with E-state index in [2.05, 4.69) is 5.32 Å². The summed E-state index contributed by atoms with van der Waals surface area (Å²) in [5.41, 5.74) is 1.10. The van der Waals surface area contributed by atoms with Crippen molar-refractivity contribution in [1.29, 1.82) is 0 Å². The minimum atomic E-state index is -0.139. The van der Waals surface area contributed by atoms with Crippen molar-refractivity contribution in [2.75, 3.05) is 0 Å². The minimum Gasteiger partial charge on any atom is -0.351 e. The monoisotopic (exact) mass is 305 g/mol. The number of carbonyl (C=O) groups excluding carboxylic acids is 1. The molecule has 0 spiro atoms. The minimum absolute atomic E-state index is 0.0359. The number of hydrogen-bond donors (Lipinski definition) is 1. The third-order valence-corrected chi connectivity index (χ3v) is 4.17. The van der Waals surface area contributed by atoms with E-state index < -0.39 is 0 Å². The lowest BCUT2D eigenvalue weighted by Crippen LogP contribution is -2.30. The van der Waals surface area contributed by atoms with Crippen molar-refractivity contribution >= 4 is 29.3 Å². The molecule has 4 heteroatoms. The van der Waals surface area contributed by atoms with Gasteiger partial charge in [-0.25, -0.2) is 0 Å². The molecule has 1 atom stereocenters. The lowest BCUT2D eigenvalue weighted by molar-refractivity contribution is -0.120. The lowest BCUT2D eigenvalue weighted by atomic mass is 10.2. The van der Waals surface area contributed by atoms with Gasteiger partial charge in [-0.15, -0.1) is 11.8 Å². The molecule has 2 rings (SSSR count). The number of rotatable bonds is 5. The van der Waals surface area contributed by atoms with E-state index in [1.54, 1.807) is 0 Å². The zero-order valence-electron chi connectivity index (χ0n) is 11.2. The molecule has 0 bridgehead atoms. The molecule has 0 saturated heterocycles. The quantitative estimate of drug-likeness (QED) is 0.841. The number of hydrogen-bond acceptors (Lipinski definition) is 2. The van der Waals surface area contributed by atoms with Gasteiger partial charge in [-0.3, -0.25) is 4.79 Å². The molecule has 2 nitrogen and oxygen atoms in total. The number of thioether (sulfide) groups is 1. The summed E-state index contributed by atoms with van der Waals surface area (Å²) in [7, 11) is 0. The Labute approximate surface area is 128 Å². The van der Waals surface area contributed by atoms with Gasteiger partial charge >= 0.3 is 0 Å². The molecule has 0 radical (unpaired) electrons. The molecule has 0 aromatic heterocycles. The zero-order chi connectivity index (χ0) is 14.4. The normalized spacial score (nSPS) is 11.9. The van der Waals surface area contributed by atoms with Crippen LogP contribution in [0.2, 0.25) is 5.02 Å². The van der Waals surface area contributed by atoms with Gasteiger partial charge in [0, 0.05) is 16.5 Å². The summed E-state index contributed by atoms with van der Waals surface area (Å²) < 4.78 is 0. The standard InChI is InChI=1S/C16H16ClNOS/c1-12(20-15-9-7-14(17)8-10-15)16(19)18-11-13-5-3-2-4-6-13/h2-10,12H,11H2,1H3,(H,18,19). The second-order valence-corrected chi connectivity index (χ2v) is 6.27. The molecule has 0 fully saturated rings. The molecule has 20 heavy (non-hydrogen) atoms. The molecule has 1 unspecified atom stereocenters. The maximum absolute atomic E-state index is 12.0. The van der Waals surface area contributed by atoms with Crippen molar-refractivity contribution in [3.05, 3.63) is 65.2 Å². The van der Waals surface area contributed by atoms with E-state index in [-0.39, 0.29) is 11.2 Å². The Morgan fingerprint density at radius 3 is 2.45 bits per heavy atom. The van der Waals surface area contributed by atoms with Crippen molar-refractivity contribution < 1.29 is 4.79 Å². The highest BCUT2D eigenvalue weighted by atomic mass is 35.5. The van der Waals surface area contributed by atoms with Gasteiger partial charge in [0.25, 0.3) is 0 Å². The maximum atomic E-state index is 12.0. The van der Waals surface area contributed by atoms with Gasteiger partial charge in [0.15, 0.2) is 0 Å². The Hall–Kier alpha value is -1.45. The molecule has 104 valence electrons. The first-order valence-electron chi connectivity index (χ1n) is 6.39. The van der Waals surface area contributed by atoms with E-state index in [1.807, 2.05) is 61.5 Å². The smallest absolute Gasteiger partial charge is 0.233 e. The van der Waals surface area contributed by atoms with Gasteiger partial charge in [0.2, 0.25) is 5.91 Å². The van der Waals surface area contributed by atoms with Crippen molar-refractivity contribution in [1.82, 2.24) is 5.32 Å². The number of halogens is 1. The first kappa shape index (κ1) is 14.9. The SMILES string of the molecule is CC(Sc1ccc(Cl)cc1)C(=O)NCc1ccccc1. The molecular weight excluding hydrogens is 290 g/mol. The summed E-state index contributed by atoms with van der Waals surface area (Å²) in [6.07, 6.45) is 0. The van der Waals surface area contributed by atoms with Crippen LogP contribution < -0.4 is 5.32 Å². The fourth-order valence-corrected chi connectivity index (χ4v) is 2.72. The number of nitrogens with one attached hydrogen (secondary N) is 1. The predicted octanol–water partition coefficient (Wildman–Crippen LogP) is 4.14. The van der Waals surface area contributed by atoms with Gasteiger partial charge in [-0.05, 0) is 36.8 Å². The van der Waals surface area contributed by atoms with Crippen LogP contribution in [0, 0.1) is 0 Å². The van der Waals surface area contributed by atoms with E-state index in [0.29, 0.717) is 11.6 Å². The molecule has 0 heterocycles. The Bertz CT molecular complexity index is 556. The molecular formula is C16H16ClNOS. The average molecular weight is 306 g/mol. The highest BCUT2D eigenvalue weighted by Crippen LogP contribution is 2.24. The summed E-state index contributed by atoms with van der Waals surface area (Å²) in [5.74, 6) is 0.0359. The van der Waals surface area contributed by atoms with Crippen molar-refractivity contribution in [2.45, 2.75) is 23.6 Å². The van der Waals surface area contributed by atoms with Gasteiger partial charge in [-0.1, -0.05) is 41.9 Å². The molecule has 0 aliphatic heterocycles. The number of amides is 1. The Morgan fingerprint density at radius 2 is 1.80 bits per heavy atom. The molecule has 0 aliphatic carbocycles. The predicted molar refractivity (Wildman–Crippen MR) is 85.1 cm³/mol. The molecule has 0 aliphatic rings. The van der Waals surface area contributed by atoms with Crippen LogP contribution in [0.4, 0.5) is 0 Å². The Balaban J connectivity index is 1.84. The first-order valence-corrected chi connectivity index (χ1v) is 7.65. The van der Waals surface area contributed by atoms with E-state index in [1.165, 1.54) is 11.8 Å². The van der Waals surface area contributed by atoms with Crippen molar-refractivity contribution in [2.24, 2.45) is 0 Å². The van der Waals surface area contributed by atoms with Crippen LogP contribution in [0.1, 0.15) is 12.5 Å². The van der Waals surface area contributed by atoms with Crippen molar-refractivity contribution in [3.63, 3.8) is 0 Å². The van der Waals surface area contributed by atoms with Crippen LogP contribution in [0.3, 0.4) is 0 Å². The molecule has 1 amide bonds. The summed E-state index contributed by atoms with van der Waals surface area (Å²) >= 11 is 7.36. The Kier molecular flexibility index (Phi) is 5.50. The molecule has 2 aromatic rings. The van der Waals surface area contributed by atoms with Crippen LogP contribution in [0.15, 0.2) is 59.5 Å². The second-order valence-electron chi connectivity index (χ2n) is 4.42. The van der Waals surface area contributed by atoms with Gasteiger partial charge in [0.1, 0.15) is 0 Å². The van der Waals surface area contributed by atoms with Crippen LogP contribution in [0.25, 0.3) is 0 Å². The highest BCUT2D eigenvalue weighted by Gasteiger charge is 2.13. The highest BCUT2D eigenvalue weighted by molar-refractivity contribution is 8.00. The topological polar surface area (TPSA) is 29.1 Å². The van der Waals surface area contributed by atoms with Gasteiger partial charge < -0.3 is 5.32 Å². The first-order chi connectivity index (χ1) is 9.65. The lowest BCUT2D eigenvalue weighted by Gasteiger charge is -2.12. The summed E-state index contributed by atoms with van der Waals surface area (Å²) in [6, 6.07) is 17.4. The van der Waals surface area contributed by atoms with Crippen LogP contribution in [-0.2, 0) is 11.3 Å². The molecule has 2 aromatic carbocycles. The average Bonchev–Trinajstić information content (AvgIpc) is 2.48. The third kappa shape index (κ3) is 4.58. The molecule has 0 saturated carbocycles. The number of carbonyl (C=O) groups is 1. The second kappa shape index (κ2) is 7.36. The van der Waals surface area contributed by atoms with Gasteiger partial charge in [0.05, 0.1) is 5.25 Å². The van der Waals surface area contributed by atoms with Crippen LogP contribution in [-0.4, -0.2) is 11.2 Å². The van der Waals surface area contributed by atoms with E-state index in [4.69, 9.17) is 11.6 Å². The number of benzene rings is 2. The van der Waals surface area contributed by atoms with Crippen molar-refractivity contribution in [3.8, 4) is 0 Å². The largest absolute Gasteiger partial charge is 0.351 e. The molecule has 1 N–H and O–H groups in total.